The predicted octanol–water partition coefficient (Wildman–Crippen LogP) is 6.07. The summed E-state index contributed by atoms with van der Waals surface area (Å²) in [6, 6.07) is 16.5. The van der Waals surface area contributed by atoms with Crippen LogP contribution in [0.25, 0.3) is 6.08 Å². The third-order valence-corrected chi connectivity index (χ3v) is 8.54. The first kappa shape index (κ1) is 32.2. The molecule has 0 N–H and O–H groups in total. The van der Waals surface area contributed by atoms with Gasteiger partial charge in [0.05, 0.1) is 40.1 Å². The Morgan fingerprint density at radius 3 is 2.58 bits per heavy atom. The van der Waals surface area contributed by atoms with Gasteiger partial charge in [0.2, 0.25) is 0 Å². The van der Waals surface area contributed by atoms with Crippen LogP contribution in [0, 0.1) is 5.82 Å². The van der Waals surface area contributed by atoms with Crippen molar-refractivity contribution in [1.29, 1.82) is 0 Å². The first-order valence-electron chi connectivity index (χ1n) is 14.3. The largest absolute Gasteiger partial charge is 0.493 e. The van der Waals surface area contributed by atoms with Crippen LogP contribution in [0.5, 0.6) is 17.2 Å². The SMILES string of the molecule is CCOC(=O)C1=C(C)N=c2s/c(=C/c3cc(Br)c(OCc4ccccc4F)c(OC)c3)c(=O)n2[C@@H]1c1ccccc1OC(C)C. The number of ether oxygens (including phenoxy) is 4. The summed E-state index contributed by atoms with van der Waals surface area (Å²) in [5, 5.41) is 0. The highest BCUT2D eigenvalue weighted by atomic mass is 79.9. The van der Waals surface area contributed by atoms with Gasteiger partial charge in [0, 0.05) is 11.1 Å². The first-order valence-corrected chi connectivity index (χ1v) is 15.9. The standard InChI is InChI=1S/C34H32BrFN2O6S/c1-6-42-33(40)29-20(4)37-34-38(30(29)23-12-8-10-14-26(23)44-19(2)3)32(39)28(45-34)17-21-15-24(35)31(27(16-21)41-5)43-18-22-11-7-9-13-25(22)36/h7-17,19,30H,6,18H2,1-5H3/b28-17+/t30-/m1/s1. The van der Waals surface area contributed by atoms with E-state index in [1.807, 2.05) is 38.1 Å². The third-order valence-electron chi connectivity index (χ3n) is 6.97. The molecule has 4 aromatic rings. The summed E-state index contributed by atoms with van der Waals surface area (Å²) in [4.78, 5) is 32.5. The van der Waals surface area contributed by atoms with E-state index in [0.717, 1.165) is 0 Å². The molecule has 0 saturated carbocycles. The van der Waals surface area contributed by atoms with Crippen molar-refractivity contribution in [2.24, 2.45) is 4.99 Å². The summed E-state index contributed by atoms with van der Waals surface area (Å²) in [6.07, 6.45) is 1.60. The number of aromatic nitrogens is 1. The Morgan fingerprint density at radius 1 is 1.13 bits per heavy atom. The van der Waals surface area contributed by atoms with Crippen molar-refractivity contribution in [3.63, 3.8) is 0 Å². The Balaban J connectivity index is 1.61. The molecule has 1 aliphatic rings. The fourth-order valence-corrected chi connectivity index (χ4v) is 6.65. The zero-order valence-electron chi connectivity index (χ0n) is 25.4. The van der Waals surface area contributed by atoms with Gasteiger partial charge in [-0.05, 0) is 79.5 Å². The molecule has 11 heteroatoms. The molecular formula is C34H32BrFN2O6S. The van der Waals surface area contributed by atoms with Crippen molar-refractivity contribution >= 4 is 39.3 Å². The topological polar surface area (TPSA) is 88.4 Å². The number of carbonyl (C=O) groups is 1. The van der Waals surface area contributed by atoms with Gasteiger partial charge in [-0.15, -0.1) is 0 Å². The third kappa shape index (κ3) is 6.74. The van der Waals surface area contributed by atoms with Crippen molar-refractivity contribution in [2.75, 3.05) is 13.7 Å². The van der Waals surface area contributed by atoms with Crippen molar-refractivity contribution in [1.82, 2.24) is 4.57 Å². The minimum absolute atomic E-state index is 0.00370. The lowest BCUT2D eigenvalue weighted by Crippen LogP contribution is -2.40. The fraction of sp³-hybridized carbons (Fsp3) is 0.265. The van der Waals surface area contributed by atoms with E-state index in [1.54, 1.807) is 50.3 Å². The lowest BCUT2D eigenvalue weighted by molar-refractivity contribution is -0.139. The van der Waals surface area contributed by atoms with E-state index in [1.165, 1.54) is 29.1 Å². The smallest absolute Gasteiger partial charge is 0.338 e. The van der Waals surface area contributed by atoms with Gasteiger partial charge in [-0.2, -0.15) is 0 Å². The maximum absolute atomic E-state index is 14.2. The zero-order valence-corrected chi connectivity index (χ0v) is 27.8. The molecule has 3 aromatic carbocycles. The summed E-state index contributed by atoms with van der Waals surface area (Å²) in [5.74, 6) is 0.450. The van der Waals surface area contributed by atoms with Crippen LogP contribution in [-0.2, 0) is 16.1 Å². The van der Waals surface area contributed by atoms with E-state index < -0.39 is 12.0 Å². The number of para-hydroxylation sites is 1. The van der Waals surface area contributed by atoms with Crippen molar-refractivity contribution in [2.45, 2.75) is 46.4 Å². The van der Waals surface area contributed by atoms with Crippen LogP contribution in [-0.4, -0.2) is 30.4 Å². The van der Waals surface area contributed by atoms with Gasteiger partial charge in [-0.3, -0.25) is 9.36 Å². The molecule has 5 rings (SSSR count). The van der Waals surface area contributed by atoms with Gasteiger partial charge in [0.1, 0.15) is 24.2 Å². The molecule has 234 valence electrons. The molecule has 1 aliphatic heterocycles. The van der Waals surface area contributed by atoms with E-state index in [4.69, 9.17) is 18.9 Å². The van der Waals surface area contributed by atoms with Crippen LogP contribution >= 0.6 is 27.3 Å². The highest BCUT2D eigenvalue weighted by molar-refractivity contribution is 9.10. The van der Waals surface area contributed by atoms with E-state index in [9.17, 15) is 14.0 Å². The number of halogens is 2. The van der Waals surface area contributed by atoms with Crippen molar-refractivity contribution in [3.8, 4) is 17.2 Å². The van der Waals surface area contributed by atoms with Gasteiger partial charge < -0.3 is 18.9 Å². The average Bonchev–Trinajstić information content (AvgIpc) is 3.30. The highest BCUT2D eigenvalue weighted by Crippen LogP contribution is 2.38. The Kier molecular flexibility index (Phi) is 9.89. The Bertz CT molecular complexity index is 1970. The van der Waals surface area contributed by atoms with Crippen molar-refractivity contribution < 1.29 is 28.1 Å². The number of rotatable bonds is 10. The number of hydrogen-bond donors (Lipinski definition) is 0. The molecule has 0 aliphatic carbocycles. The first-order chi connectivity index (χ1) is 21.6. The van der Waals surface area contributed by atoms with Crippen molar-refractivity contribution in [3.05, 3.63) is 119 Å². The molecule has 0 fully saturated rings. The summed E-state index contributed by atoms with van der Waals surface area (Å²) in [6.45, 7) is 7.48. The quantitative estimate of drug-likeness (QED) is 0.187. The molecule has 8 nitrogen and oxygen atoms in total. The average molecular weight is 696 g/mol. The molecule has 1 aromatic heterocycles. The number of nitrogens with zero attached hydrogens (tertiary/aromatic N) is 2. The molecule has 0 radical (unpaired) electrons. The van der Waals surface area contributed by atoms with Gasteiger partial charge in [-0.1, -0.05) is 47.7 Å². The summed E-state index contributed by atoms with van der Waals surface area (Å²) in [7, 11) is 1.51. The monoisotopic (exact) mass is 694 g/mol. The van der Waals surface area contributed by atoms with Crippen LogP contribution < -0.4 is 29.1 Å². The summed E-state index contributed by atoms with van der Waals surface area (Å²) in [5.41, 5.74) is 2.12. The number of carbonyl (C=O) groups excluding carboxylic acids is 1. The normalized spacial score (nSPS) is 14.7. The molecule has 1 atom stereocenters. The van der Waals surface area contributed by atoms with Crippen LogP contribution in [0.3, 0.4) is 0 Å². The van der Waals surface area contributed by atoms with E-state index in [2.05, 4.69) is 20.9 Å². The Hall–Kier alpha value is -4.22. The number of allylic oxidation sites excluding steroid dienone is 1. The molecule has 0 saturated heterocycles. The highest BCUT2D eigenvalue weighted by Gasteiger charge is 2.35. The second kappa shape index (κ2) is 13.8. The van der Waals surface area contributed by atoms with Crippen LogP contribution in [0.4, 0.5) is 4.39 Å². The molecular weight excluding hydrogens is 663 g/mol. The lowest BCUT2D eigenvalue weighted by atomic mass is 9.95. The Labute approximate surface area is 272 Å². The maximum Gasteiger partial charge on any atom is 0.338 e. The van der Waals surface area contributed by atoms with E-state index in [0.29, 0.717) is 53.4 Å². The second-order valence-electron chi connectivity index (χ2n) is 10.4. The van der Waals surface area contributed by atoms with Gasteiger partial charge >= 0.3 is 5.97 Å². The predicted molar refractivity (Wildman–Crippen MR) is 174 cm³/mol. The molecule has 0 unspecified atom stereocenters. The Morgan fingerprint density at radius 2 is 1.87 bits per heavy atom. The fourth-order valence-electron chi connectivity index (χ4n) is 5.03. The summed E-state index contributed by atoms with van der Waals surface area (Å²) < 4.78 is 39.7. The molecule has 0 bridgehead atoms. The van der Waals surface area contributed by atoms with Gasteiger partial charge in [0.15, 0.2) is 16.3 Å². The van der Waals surface area contributed by atoms with E-state index in [-0.39, 0.29) is 36.3 Å². The number of hydrogen-bond acceptors (Lipinski definition) is 8. The molecule has 2 heterocycles. The zero-order chi connectivity index (χ0) is 32.2. The molecule has 45 heavy (non-hydrogen) atoms. The number of benzene rings is 3. The number of fused-ring (bicyclic) bond motifs is 1. The maximum atomic E-state index is 14.2. The number of esters is 1. The molecule has 0 spiro atoms. The van der Waals surface area contributed by atoms with Crippen LogP contribution in [0.15, 0.2) is 86.2 Å². The van der Waals surface area contributed by atoms with Crippen LogP contribution in [0.2, 0.25) is 0 Å². The number of thiazole rings is 1. The van der Waals surface area contributed by atoms with E-state index >= 15 is 0 Å². The van der Waals surface area contributed by atoms with Gasteiger partial charge in [-0.25, -0.2) is 14.2 Å². The molecule has 0 amide bonds. The van der Waals surface area contributed by atoms with Gasteiger partial charge in [0.25, 0.3) is 5.56 Å². The minimum atomic E-state index is -0.812. The summed E-state index contributed by atoms with van der Waals surface area (Å²) >= 11 is 4.76. The lowest BCUT2D eigenvalue weighted by Gasteiger charge is -2.26. The minimum Gasteiger partial charge on any atom is -0.493 e. The van der Waals surface area contributed by atoms with Crippen LogP contribution in [0.1, 0.15) is 50.4 Å². The second-order valence-corrected chi connectivity index (χ2v) is 12.3. The number of methoxy groups -OCH3 is 1.